The second-order valence-electron chi connectivity index (χ2n) is 5.60. The van der Waals surface area contributed by atoms with E-state index >= 15 is 0 Å². The molecule has 0 heterocycles. The molecule has 0 saturated carbocycles. The summed E-state index contributed by atoms with van der Waals surface area (Å²) in [6.45, 7) is 17.0. The second kappa shape index (κ2) is 12.9. The quantitative estimate of drug-likeness (QED) is 0.263. The molecule has 0 aliphatic rings. The number of thioether (sulfide) groups is 1. The van der Waals surface area contributed by atoms with E-state index in [1.54, 1.807) is 0 Å². The molecule has 0 aromatic rings. The molecule has 19 heavy (non-hydrogen) atoms. The number of halogens is 2. The van der Waals surface area contributed by atoms with Gasteiger partial charge in [-0.1, -0.05) is 0 Å². The lowest BCUT2D eigenvalue weighted by molar-refractivity contribution is -0.920. The van der Waals surface area contributed by atoms with E-state index in [4.69, 9.17) is 0 Å². The molecule has 0 rings (SSSR count). The third-order valence-corrected chi connectivity index (χ3v) is 5.36. The third-order valence-electron chi connectivity index (χ3n) is 4.42. The topological polar surface area (TPSA) is 0 Å². The predicted molar refractivity (Wildman–Crippen MR) is 81.6 cm³/mol. The zero-order valence-corrected chi connectivity index (χ0v) is 17.7. The minimum absolute atomic E-state index is 0. The smallest absolute Gasteiger partial charge is 0.0878 e. The van der Waals surface area contributed by atoms with Crippen molar-refractivity contribution < 1.29 is 42.9 Å². The van der Waals surface area contributed by atoms with Gasteiger partial charge < -0.3 is 42.9 Å². The van der Waals surface area contributed by atoms with Crippen molar-refractivity contribution in [1.29, 1.82) is 0 Å². The van der Waals surface area contributed by atoms with Crippen LogP contribution in [0.3, 0.4) is 0 Å². The zero-order valence-electron chi connectivity index (χ0n) is 13.7. The first kappa shape index (κ1) is 25.2. The van der Waals surface area contributed by atoms with Crippen LogP contribution in [-0.2, 0) is 0 Å². The van der Waals surface area contributed by atoms with Gasteiger partial charge in [0.2, 0.25) is 0 Å². The molecule has 0 spiro atoms. The van der Waals surface area contributed by atoms with Crippen LogP contribution < -0.4 is 34.0 Å². The van der Waals surface area contributed by atoms with Crippen LogP contribution in [0.1, 0.15) is 27.7 Å². The van der Waals surface area contributed by atoms with Gasteiger partial charge in [-0.15, -0.1) is 0 Å². The van der Waals surface area contributed by atoms with Crippen LogP contribution in [0.25, 0.3) is 0 Å². The van der Waals surface area contributed by atoms with E-state index in [-0.39, 0.29) is 34.0 Å². The maximum Gasteiger partial charge on any atom is 0.0878 e. The highest BCUT2D eigenvalue weighted by Crippen LogP contribution is 2.10. The minimum atomic E-state index is 0. The number of hydrogen-bond donors (Lipinski definition) is 0. The van der Waals surface area contributed by atoms with Gasteiger partial charge in [0.05, 0.1) is 53.4 Å². The first-order valence-corrected chi connectivity index (χ1v) is 8.35. The molecule has 0 aromatic carbocycles. The highest BCUT2D eigenvalue weighted by atomic mass is 79.9. The van der Waals surface area contributed by atoms with Crippen molar-refractivity contribution in [2.24, 2.45) is 0 Å². The molecule has 0 unspecified atom stereocenters. The molecule has 0 amide bonds. The van der Waals surface area contributed by atoms with Crippen molar-refractivity contribution in [3.63, 3.8) is 0 Å². The molecule has 0 aliphatic heterocycles. The lowest BCUT2D eigenvalue weighted by Crippen LogP contribution is -3.00. The van der Waals surface area contributed by atoms with E-state index in [1.165, 1.54) is 55.3 Å². The molecule has 0 fully saturated rings. The summed E-state index contributed by atoms with van der Waals surface area (Å²) in [4.78, 5) is 0. The molecular formula is C14H34Br2N2S. The number of hydrogen-bond acceptors (Lipinski definition) is 1. The minimum Gasteiger partial charge on any atom is -1.00 e. The van der Waals surface area contributed by atoms with Gasteiger partial charge in [-0.05, 0) is 27.7 Å². The fourth-order valence-electron chi connectivity index (χ4n) is 1.98. The van der Waals surface area contributed by atoms with Crippen molar-refractivity contribution in [3.8, 4) is 0 Å². The lowest BCUT2D eigenvalue weighted by atomic mass is 10.3. The van der Waals surface area contributed by atoms with E-state index in [0.29, 0.717) is 0 Å². The Kier molecular flexibility index (Phi) is 17.2. The van der Waals surface area contributed by atoms with Crippen LogP contribution in [0.4, 0.5) is 0 Å². The van der Waals surface area contributed by atoms with E-state index in [0.717, 1.165) is 4.48 Å². The Morgan fingerprint density at radius 1 is 0.684 bits per heavy atom. The van der Waals surface area contributed by atoms with Crippen molar-refractivity contribution >= 4 is 11.8 Å². The molecule has 0 radical (unpaired) electrons. The average molecular weight is 422 g/mol. The van der Waals surface area contributed by atoms with Crippen molar-refractivity contribution in [2.75, 3.05) is 64.9 Å². The first-order valence-electron chi connectivity index (χ1n) is 7.20. The molecule has 0 N–H and O–H groups in total. The largest absolute Gasteiger partial charge is 1.00 e. The third kappa shape index (κ3) is 10.6. The van der Waals surface area contributed by atoms with E-state index in [2.05, 4.69) is 53.6 Å². The van der Waals surface area contributed by atoms with E-state index in [9.17, 15) is 0 Å². The van der Waals surface area contributed by atoms with Crippen molar-refractivity contribution in [3.05, 3.63) is 0 Å². The van der Waals surface area contributed by atoms with Gasteiger partial charge in [-0.3, -0.25) is 0 Å². The highest BCUT2D eigenvalue weighted by Gasteiger charge is 2.20. The van der Waals surface area contributed by atoms with Gasteiger partial charge in [0.1, 0.15) is 0 Å². The summed E-state index contributed by atoms with van der Waals surface area (Å²) in [7, 11) is 4.65. The fourth-order valence-corrected chi connectivity index (χ4v) is 3.32. The summed E-state index contributed by atoms with van der Waals surface area (Å²) in [6.07, 6.45) is 0. The molecule has 120 valence electrons. The summed E-state index contributed by atoms with van der Waals surface area (Å²) in [5, 5.41) is 0. The normalized spacial score (nSPS) is 11.7. The van der Waals surface area contributed by atoms with Crippen LogP contribution in [0, 0.1) is 0 Å². The molecular weight excluding hydrogens is 388 g/mol. The van der Waals surface area contributed by atoms with Gasteiger partial charge in [0.15, 0.2) is 0 Å². The monoisotopic (exact) mass is 420 g/mol. The molecule has 0 aromatic heterocycles. The Labute approximate surface area is 147 Å². The Hall–Kier alpha value is 1.23. The Bertz CT molecular complexity index is 190. The van der Waals surface area contributed by atoms with Gasteiger partial charge in [-0.2, -0.15) is 11.8 Å². The molecule has 0 aliphatic carbocycles. The van der Waals surface area contributed by atoms with Gasteiger partial charge in [-0.25, -0.2) is 0 Å². The summed E-state index contributed by atoms with van der Waals surface area (Å²) in [5.74, 6) is 2.62. The first-order chi connectivity index (χ1) is 7.95. The van der Waals surface area contributed by atoms with E-state index in [1.807, 2.05) is 0 Å². The van der Waals surface area contributed by atoms with Crippen LogP contribution >= 0.6 is 11.8 Å². The maximum atomic E-state index is 2.33. The van der Waals surface area contributed by atoms with Crippen LogP contribution in [-0.4, -0.2) is 73.8 Å². The van der Waals surface area contributed by atoms with Crippen LogP contribution in [0.5, 0.6) is 0 Å². The summed E-state index contributed by atoms with van der Waals surface area (Å²) < 4.78 is 2.45. The fraction of sp³-hybridized carbons (Fsp3) is 1.00. The Morgan fingerprint density at radius 2 is 1.11 bits per heavy atom. The zero-order chi connectivity index (χ0) is 13.4. The molecule has 0 atom stereocenters. The van der Waals surface area contributed by atoms with Crippen molar-refractivity contribution in [2.45, 2.75) is 27.7 Å². The Balaban J connectivity index is -0.00000128. The standard InChI is InChI=1S/C14H34N2S.2BrH/c1-7-15(5,6)11-13-17-14-12-16(8-2,9-3)10-4;;/h7-14H2,1-6H3;2*1H/q+2;;/p-2. The van der Waals surface area contributed by atoms with Crippen LogP contribution in [0.2, 0.25) is 0 Å². The summed E-state index contributed by atoms with van der Waals surface area (Å²) in [6, 6.07) is 0. The maximum absolute atomic E-state index is 2.33. The Morgan fingerprint density at radius 3 is 1.47 bits per heavy atom. The molecule has 0 saturated heterocycles. The summed E-state index contributed by atoms with van der Waals surface area (Å²) in [5.41, 5.74) is 0. The molecule has 5 heteroatoms. The molecule has 0 bridgehead atoms. The SMILES string of the molecule is CC[N+](C)(C)CCSCC[N+](CC)(CC)CC.[Br-].[Br-]. The molecule has 2 nitrogen and oxygen atoms in total. The van der Waals surface area contributed by atoms with Gasteiger partial charge in [0, 0.05) is 11.5 Å². The number of quaternary nitrogens is 2. The second-order valence-corrected chi connectivity index (χ2v) is 6.83. The lowest BCUT2D eigenvalue weighted by Gasteiger charge is -2.35. The highest BCUT2D eigenvalue weighted by molar-refractivity contribution is 7.99. The van der Waals surface area contributed by atoms with Crippen molar-refractivity contribution in [1.82, 2.24) is 0 Å². The van der Waals surface area contributed by atoms with Gasteiger partial charge >= 0.3 is 0 Å². The number of rotatable bonds is 10. The summed E-state index contributed by atoms with van der Waals surface area (Å²) >= 11 is 2.14. The van der Waals surface area contributed by atoms with E-state index < -0.39 is 0 Å². The predicted octanol–water partition coefficient (Wildman–Crippen LogP) is -3.30. The van der Waals surface area contributed by atoms with Gasteiger partial charge in [0.25, 0.3) is 0 Å². The average Bonchev–Trinajstić information content (AvgIpc) is 2.34. The number of nitrogens with zero attached hydrogens (tertiary/aromatic N) is 2. The van der Waals surface area contributed by atoms with Crippen LogP contribution in [0.15, 0.2) is 0 Å².